The summed E-state index contributed by atoms with van der Waals surface area (Å²) in [7, 11) is 0. The fraction of sp³-hybridized carbons (Fsp3) is 0.842. The molecule has 0 fully saturated rings. The zero-order valence-corrected chi connectivity index (χ0v) is 29.7. The standard InChI is InChI=1S/C38H70O2/c1-32(2,3)29-22-30(37(12,13)27-35(8,9)25-33(4,5)18-16-20-39)24-31(23-29)38(14,15)28-36(10,11)26-34(6,7)19-17-21-40/h22-24,39-40H,16-21,25-28H2,1-15H3. The molecule has 0 bridgehead atoms. The van der Waals surface area contributed by atoms with Gasteiger partial charge in [-0.3, -0.25) is 0 Å². The molecular weight excluding hydrogens is 488 g/mol. The molecular formula is C38H70O2. The first-order valence-electron chi connectivity index (χ1n) is 16.2. The van der Waals surface area contributed by atoms with Crippen LogP contribution in [0.3, 0.4) is 0 Å². The van der Waals surface area contributed by atoms with E-state index < -0.39 is 0 Å². The summed E-state index contributed by atoms with van der Waals surface area (Å²) in [5, 5.41) is 18.8. The second-order valence-electron chi connectivity index (χ2n) is 18.8. The monoisotopic (exact) mass is 559 g/mol. The van der Waals surface area contributed by atoms with E-state index in [4.69, 9.17) is 0 Å². The van der Waals surface area contributed by atoms with Gasteiger partial charge in [-0.05, 0) is 106 Å². The van der Waals surface area contributed by atoms with Crippen LogP contribution in [0.15, 0.2) is 18.2 Å². The second kappa shape index (κ2) is 13.2. The number of aliphatic hydroxyl groups is 2. The van der Waals surface area contributed by atoms with Crippen molar-refractivity contribution in [1.82, 2.24) is 0 Å². The summed E-state index contributed by atoms with van der Waals surface area (Å²) in [6, 6.07) is 7.53. The van der Waals surface area contributed by atoms with E-state index in [1.165, 1.54) is 16.7 Å². The Morgan fingerprint density at radius 2 is 0.725 bits per heavy atom. The lowest BCUT2D eigenvalue weighted by Crippen LogP contribution is -2.33. The van der Waals surface area contributed by atoms with Crippen LogP contribution >= 0.6 is 0 Å². The average molecular weight is 559 g/mol. The van der Waals surface area contributed by atoms with Crippen molar-refractivity contribution in [1.29, 1.82) is 0 Å². The highest BCUT2D eigenvalue weighted by atomic mass is 16.3. The third-order valence-corrected chi connectivity index (χ3v) is 9.14. The number of hydrogen-bond acceptors (Lipinski definition) is 2. The highest BCUT2D eigenvalue weighted by Gasteiger charge is 2.38. The summed E-state index contributed by atoms with van der Waals surface area (Å²) in [6.07, 6.45) is 8.46. The van der Waals surface area contributed by atoms with Gasteiger partial charge in [0.1, 0.15) is 0 Å². The molecule has 1 aromatic carbocycles. The van der Waals surface area contributed by atoms with E-state index >= 15 is 0 Å². The van der Waals surface area contributed by atoms with Gasteiger partial charge in [0.2, 0.25) is 0 Å². The van der Waals surface area contributed by atoms with Gasteiger partial charge in [0.25, 0.3) is 0 Å². The lowest BCUT2D eigenvalue weighted by Gasteiger charge is -2.42. The number of rotatable bonds is 16. The minimum Gasteiger partial charge on any atom is -0.396 e. The molecule has 0 aliphatic carbocycles. The molecule has 2 N–H and O–H groups in total. The van der Waals surface area contributed by atoms with Crippen LogP contribution in [0.1, 0.15) is 172 Å². The second-order valence-corrected chi connectivity index (χ2v) is 18.8. The van der Waals surface area contributed by atoms with Crippen molar-refractivity contribution in [2.45, 2.75) is 171 Å². The van der Waals surface area contributed by atoms with Gasteiger partial charge >= 0.3 is 0 Å². The zero-order valence-electron chi connectivity index (χ0n) is 29.7. The number of hydrogen-bond donors (Lipinski definition) is 2. The molecule has 0 unspecified atom stereocenters. The average Bonchev–Trinajstić information content (AvgIpc) is 2.72. The quantitative estimate of drug-likeness (QED) is 0.212. The first-order valence-corrected chi connectivity index (χ1v) is 16.2. The van der Waals surface area contributed by atoms with Gasteiger partial charge in [-0.1, -0.05) is 122 Å². The van der Waals surface area contributed by atoms with Crippen molar-refractivity contribution in [3.63, 3.8) is 0 Å². The topological polar surface area (TPSA) is 40.5 Å². The Kier molecular flexibility index (Phi) is 12.3. The van der Waals surface area contributed by atoms with E-state index in [-0.39, 0.29) is 51.1 Å². The van der Waals surface area contributed by atoms with Gasteiger partial charge in [0.05, 0.1) is 0 Å². The van der Waals surface area contributed by atoms with Crippen molar-refractivity contribution in [3.8, 4) is 0 Å². The Bertz CT molecular complexity index is 855. The van der Waals surface area contributed by atoms with E-state index in [0.717, 1.165) is 51.4 Å². The molecule has 0 saturated heterocycles. The van der Waals surface area contributed by atoms with E-state index in [2.05, 4.69) is 122 Å². The summed E-state index contributed by atoms with van der Waals surface area (Å²) < 4.78 is 0. The van der Waals surface area contributed by atoms with Crippen LogP contribution in [0.2, 0.25) is 0 Å². The van der Waals surface area contributed by atoms with Crippen LogP contribution in [0.25, 0.3) is 0 Å². The molecule has 0 atom stereocenters. The predicted molar refractivity (Wildman–Crippen MR) is 177 cm³/mol. The fourth-order valence-corrected chi connectivity index (χ4v) is 8.45. The predicted octanol–water partition coefficient (Wildman–Crippen LogP) is 10.7. The maximum atomic E-state index is 9.40. The Morgan fingerprint density at radius 1 is 0.425 bits per heavy atom. The van der Waals surface area contributed by atoms with Gasteiger partial charge in [-0.15, -0.1) is 0 Å². The van der Waals surface area contributed by atoms with Gasteiger partial charge < -0.3 is 10.2 Å². The Balaban J connectivity index is 3.42. The molecule has 1 rings (SSSR count). The molecule has 0 heterocycles. The third-order valence-electron chi connectivity index (χ3n) is 9.14. The maximum Gasteiger partial charge on any atom is 0.0431 e. The highest BCUT2D eigenvalue weighted by Crippen LogP contribution is 2.48. The minimum atomic E-state index is 0.0461. The molecule has 0 spiro atoms. The normalized spacial score (nSPS) is 14.6. The molecule has 0 saturated carbocycles. The van der Waals surface area contributed by atoms with Crippen molar-refractivity contribution < 1.29 is 10.2 Å². The third kappa shape index (κ3) is 12.2. The Hall–Kier alpha value is -0.860. The first-order chi connectivity index (χ1) is 17.8. The SMILES string of the molecule is CC(C)(CCCO)CC(C)(C)CC(C)(C)c1cc(C(C)(C)C)cc(C(C)(C)CC(C)(C)CC(C)(C)CCCO)c1. The van der Waals surface area contributed by atoms with Crippen LogP contribution in [-0.4, -0.2) is 23.4 Å². The van der Waals surface area contributed by atoms with Gasteiger partial charge in [0.15, 0.2) is 0 Å². The molecule has 0 radical (unpaired) electrons. The molecule has 40 heavy (non-hydrogen) atoms. The van der Waals surface area contributed by atoms with Crippen molar-refractivity contribution in [2.24, 2.45) is 21.7 Å². The van der Waals surface area contributed by atoms with Gasteiger partial charge in [-0.2, -0.15) is 0 Å². The summed E-state index contributed by atoms with van der Waals surface area (Å²) in [5.41, 5.74) is 5.36. The smallest absolute Gasteiger partial charge is 0.0431 e. The van der Waals surface area contributed by atoms with Crippen LogP contribution in [0.5, 0.6) is 0 Å². The van der Waals surface area contributed by atoms with Crippen LogP contribution < -0.4 is 0 Å². The molecule has 1 aromatic rings. The van der Waals surface area contributed by atoms with Crippen molar-refractivity contribution >= 4 is 0 Å². The summed E-state index contributed by atoms with van der Waals surface area (Å²) in [6.45, 7) is 36.6. The molecule has 0 aliphatic heterocycles. The van der Waals surface area contributed by atoms with E-state index in [9.17, 15) is 10.2 Å². The molecule has 234 valence electrons. The minimum absolute atomic E-state index is 0.0461. The highest BCUT2D eigenvalue weighted by molar-refractivity contribution is 5.41. The van der Waals surface area contributed by atoms with Gasteiger partial charge in [-0.25, -0.2) is 0 Å². The van der Waals surface area contributed by atoms with Crippen molar-refractivity contribution in [2.75, 3.05) is 13.2 Å². The summed E-state index contributed by atoms with van der Waals surface area (Å²) in [4.78, 5) is 0. The fourth-order valence-electron chi connectivity index (χ4n) is 8.45. The van der Waals surface area contributed by atoms with E-state index in [1.807, 2.05) is 0 Å². The lowest BCUT2D eigenvalue weighted by molar-refractivity contribution is 0.134. The maximum absolute atomic E-state index is 9.40. The zero-order chi connectivity index (χ0) is 31.4. The molecule has 2 nitrogen and oxygen atoms in total. The molecule has 0 amide bonds. The summed E-state index contributed by atoms with van der Waals surface area (Å²) in [5.74, 6) is 0. The largest absolute Gasteiger partial charge is 0.396 e. The molecule has 0 aromatic heterocycles. The lowest BCUT2D eigenvalue weighted by atomic mass is 9.62. The first kappa shape index (κ1) is 37.2. The summed E-state index contributed by atoms with van der Waals surface area (Å²) >= 11 is 0. The van der Waals surface area contributed by atoms with Crippen molar-refractivity contribution in [3.05, 3.63) is 34.9 Å². The number of aliphatic hydroxyl groups excluding tert-OH is 2. The van der Waals surface area contributed by atoms with Crippen LogP contribution in [0, 0.1) is 21.7 Å². The molecule has 0 aliphatic rings. The number of benzene rings is 1. The molecule has 2 heteroatoms. The Labute approximate surface area is 251 Å². The van der Waals surface area contributed by atoms with Crippen LogP contribution in [0.4, 0.5) is 0 Å². The van der Waals surface area contributed by atoms with E-state index in [0.29, 0.717) is 0 Å². The Morgan fingerprint density at radius 3 is 1.00 bits per heavy atom. The van der Waals surface area contributed by atoms with Gasteiger partial charge in [0, 0.05) is 13.2 Å². The van der Waals surface area contributed by atoms with E-state index in [1.54, 1.807) is 0 Å². The van der Waals surface area contributed by atoms with Crippen LogP contribution in [-0.2, 0) is 16.2 Å².